The van der Waals surface area contributed by atoms with Gasteiger partial charge in [0.05, 0.1) is 12.3 Å². The van der Waals surface area contributed by atoms with Gasteiger partial charge in [0.2, 0.25) is 5.69 Å². The summed E-state index contributed by atoms with van der Waals surface area (Å²) in [6.45, 7) is 4.00. The third-order valence-corrected chi connectivity index (χ3v) is 4.06. The molecule has 3 rings (SSSR count). The molecule has 1 aliphatic rings. The number of nitrogens with zero attached hydrogens (tertiary/aromatic N) is 6. The van der Waals surface area contributed by atoms with Gasteiger partial charge in [-0.15, -0.1) is 15.0 Å². The second-order valence-corrected chi connectivity index (χ2v) is 5.74. The predicted molar refractivity (Wildman–Crippen MR) is 86.8 cm³/mol. The third-order valence-electron chi connectivity index (χ3n) is 3.83. The topological polar surface area (TPSA) is 81.2 Å². The number of β-amino-alcohol motifs (C(OH)–C–C–N with tert-alkyl or cyclic N) is 1. The first-order valence-electron chi connectivity index (χ1n) is 7.43. The molecule has 1 N–H and O–H groups in total. The van der Waals surface area contributed by atoms with Gasteiger partial charge in [0.1, 0.15) is 6.07 Å². The molecule has 0 amide bonds. The van der Waals surface area contributed by atoms with Crippen molar-refractivity contribution in [3.63, 3.8) is 0 Å². The maximum atomic E-state index is 9.34. The number of benzene rings is 1. The molecule has 120 valence electrons. The molecule has 0 bridgehead atoms. The van der Waals surface area contributed by atoms with Crippen LogP contribution in [0.3, 0.4) is 0 Å². The lowest BCUT2D eigenvalue weighted by molar-refractivity contribution is 0.188. The molecule has 2 aromatic rings. The first-order valence-corrected chi connectivity index (χ1v) is 7.80. The van der Waals surface area contributed by atoms with Crippen molar-refractivity contribution in [1.29, 1.82) is 5.26 Å². The van der Waals surface area contributed by atoms with Gasteiger partial charge < -0.3 is 10.0 Å². The van der Waals surface area contributed by atoms with Gasteiger partial charge in [-0.3, -0.25) is 4.90 Å². The van der Waals surface area contributed by atoms with Crippen molar-refractivity contribution in [1.82, 2.24) is 19.9 Å². The lowest BCUT2D eigenvalue weighted by Gasteiger charge is -2.34. The van der Waals surface area contributed by atoms with Crippen LogP contribution in [0.1, 0.15) is 5.69 Å². The highest BCUT2D eigenvalue weighted by atomic mass is 35.5. The minimum Gasteiger partial charge on any atom is -0.395 e. The van der Waals surface area contributed by atoms with Crippen molar-refractivity contribution in [2.75, 3.05) is 44.2 Å². The zero-order valence-electron chi connectivity index (χ0n) is 12.6. The van der Waals surface area contributed by atoms with Crippen molar-refractivity contribution >= 4 is 17.4 Å². The van der Waals surface area contributed by atoms with Crippen molar-refractivity contribution in [3.05, 3.63) is 35.0 Å². The number of hydrogen-bond donors (Lipinski definition) is 1. The Bertz CT molecular complexity index is 717. The van der Waals surface area contributed by atoms with E-state index in [9.17, 15) is 5.26 Å². The number of hydrogen-bond acceptors (Lipinski definition) is 6. The lowest BCUT2D eigenvalue weighted by atomic mass is 10.3. The second-order valence-electron chi connectivity index (χ2n) is 5.31. The van der Waals surface area contributed by atoms with Crippen molar-refractivity contribution in [2.45, 2.75) is 0 Å². The van der Waals surface area contributed by atoms with Gasteiger partial charge >= 0.3 is 0 Å². The lowest BCUT2D eigenvalue weighted by Crippen LogP contribution is -2.47. The molecule has 1 saturated heterocycles. The molecule has 1 aromatic heterocycles. The Hall–Kier alpha value is -2.14. The van der Waals surface area contributed by atoms with Crippen LogP contribution in [0.2, 0.25) is 5.02 Å². The molecule has 1 aromatic carbocycles. The van der Waals surface area contributed by atoms with Gasteiger partial charge in [-0.05, 0) is 18.2 Å². The number of aliphatic hydroxyl groups excluding tert-OH is 1. The summed E-state index contributed by atoms with van der Waals surface area (Å²) in [5.74, 6) is 0.594. The molecule has 0 atom stereocenters. The Morgan fingerprint density at radius 2 is 2.00 bits per heavy atom. The van der Waals surface area contributed by atoms with E-state index < -0.39 is 0 Å². The first-order chi connectivity index (χ1) is 11.2. The molecular weight excluding hydrogens is 316 g/mol. The Labute approximate surface area is 139 Å². The van der Waals surface area contributed by atoms with Crippen LogP contribution in [0.15, 0.2) is 24.3 Å². The maximum absolute atomic E-state index is 9.34. The molecule has 0 spiro atoms. The molecule has 0 saturated carbocycles. The Kier molecular flexibility index (Phi) is 4.76. The molecule has 23 heavy (non-hydrogen) atoms. The number of piperazine rings is 1. The number of anilines is 1. The average molecular weight is 333 g/mol. The second kappa shape index (κ2) is 6.96. The quantitative estimate of drug-likeness (QED) is 0.896. The van der Waals surface area contributed by atoms with Crippen LogP contribution < -0.4 is 4.90 Å². The van der Waals surface area contributed by atoms with E-state index in [-0.39, 0.29) is 6.61 Å². The molecule has 1 aliphatic heterocycles. The van der Waals surface area contributed by atoms with Crippen molar-refractivity contribution in [2.24, 2.45) is 0 Å². The smallest absolute Gasteiger partial charge is 0.207 e. The first kappa shape index (κ1) is 15.7. The van der Waals surface area contributed by atoms with E-state index in [1.807, 2.05) is 12.1 Å². The van der Waals surface area contributed by atoms with E-state index in [1.165, 1.54) is 4.80 Å². The van der Waals surface area contributed by atoms with E-state index in [0.29, 0.717) is 23.1 Å². The minimum atomic E-state index is 0.161. The molecule has 8 heteroatoms. The van der Waals surface area contributed by atoms with E-state index >= 15 is 0 Å². The predicted octanol–water partition coefficient (Wildman–Crippen LogP) is 0.907. The molecule has 1 fully saturated rings. The highest BCUT2D eigenvalue weighted by Crippen LogP contribution is 2.20. The SMILES string of the molecule is N#Cc1nn(-c2cccc(Cl)c2)nc1N1CCN(CCO)CC1. The Morgan fingerprint density at radius 1 is 1.22 bits per heavy atom. The number of aliphatic hydroxyl groups is 1. The van der Waals surface area contributed by atoms with Gasteiger partial charge in [-0.2, -0.15) is 5.26 Å². The summed E-state index contributed by atoms with van der Waals surface area (Å²) in [4.78, 5) is 5.68. The number of aromatic nitrogens is 3. The molecule has 2 heterocycles. The van der Waals surface area contributed by atoms with E-state index in [4.69, 9.17) is 16.7 Å². The summed E-state index contributed by atoms with van der Waals surface area (Å²) in [6, 6.07) is 9.31. The van der Waals surface area contributed by atoms with E-state index in [0.717, 1.165) is 31.9 Å². The number of nitriles is 1. The Morgan fingerprint density at radius 3 is 2.65 bits per heavy atom. The largest absolute Gasteiger partial charge is 0.395 e. The molecular formula is C15H17ClN6O. The third kappa shape index (κ3) is 3.45. The van der Waals surface area contributed by atoms with Gasteiger partial charge in [-0.1, -0.05) is 17.7 Å². The summed E-state index contributed by atoms with van der Waals surface area (Å²) in [5, 5.41) is 27.7. The van der Waals surface area contributed by atoms with Crippen LogP contribution in [-0.2, 0) is 0 Å². The summed E-state index contributed by atoms with van der Waals surface area (Å²) < 4.78 is 0. The molecule has 0 radical (unpaired) electrons. The van der Waals surface area contributed by atoms with Crippen LogP contribution in [0.4, 0.5) is 5.82 Å². The van der Waals surface area contributed by atoms with Gasteiger partial charge in [0.15, 0.2) is 5.82 Å². The fraction of sp³-hybridized carbons (Fsp3) is 0.400. The fourth-order valence-electron chi connectivity index (χ4n) is 2.62. The normalized spacial score (nSPS) is 15.6. The monoisotopic (exact) mass is 332 g/mol. The molecule has 0 unspecified atom stereocenters. The zero-order valence-corrected chi connectivity index (χ0v) is 13.3. The molecule has 0 aliphatic carbocycles. The Balaban J connectivity index is 1.82. The highest BCUT2D eigenvalue weighted by molar-refractivity contribution is 6.30. The summed E-state index contributed by atoms with van der Waals surface area (Å²) >= 11 is 6.00. The number of halogens is 1. The van der Waals surface area contributed by atoms with Crippen LogP contribution >= 0.6 is 11.6 Å². The minimum absolute atomic E-state index is 0.161. The van der Waals surface area contributed by atoms with E-state index in [2.05, 4.69) is 26.1 Å². The van der Waals surface area contributed by atoms with E-state index in [1.54, 1.807) is 12.1 Å². The van der Waals surface area contributed by atoms with Crippen LogP contribution in [0, 0.1) is 11.3 Å². The summed E-state index contributed by atoms with van der Waals surface area (Å²) in [7, 11) is 0. The van der Waals surface area contributed by atoms with Crippen LogP contribution in [0.25, 0.3) is 5.69 Å². The van der Waals surface area contributed by atoms with Gasteiger partial charge in [-0.25, -0.2) is 0 Å². The average Bonchev–Trinajstić information content (AvgIpc) is 3.00. The van der Waals surface area contributed by atoms with Gasteiger partial charge in [0, 0.05) is 37.7 Å². The number of rotatable bonds is 4. The van der Waals surface area contributed by atoms with Crippen LogP contribution in [-0.4, -0.2) is 64.3 Å². The van der Waals surface area contributed by atoms with Crippen molar-refractivity contribution < 1.29 is 5.11 Å². The fourth-order valence-corrected chi connectivity index (χ4v) is 2.81. The summed E-state index contributed by atoms with van der Waals surface area (Å²) in [6.07, 6.45) is 0. The maximum Gasteiger partial charge on any atom is 0.207 e. The standard InChI is InChI=1S/C15H17ClN6O/c16-12-2-1-3-13(10-12)22-18-14(11-17)15(19-22)21-6-4-20(5-7-21)8-9-23/h1-3,10,23H,4-9H2. The summed E-state index contributed by atoms with van der Waals surface area (Å²) in [5.41, 5.74) is 1.03. The van der Waals surface area contributed by atoms with Gasteiger partial charge in [0.25, 0.3) is 0 Å². The van der Waals surface area contributed by atoms with Crippen molar-refractivity contribution in [3.8, 4) is 11.8 Å². The zero-order chi connectivity index (χ0) is 16.2. The molecule has 7 nitrogen and oxygen atoms in total. The highest BCUT2D eigenvalue weighted by Gasteiger charge is 2.23. The van der Waals surface area contributed by atoms with Crippen LogP contribution in [0.5, 0.6) is 0 Å².